The number of likely N-dealkylation sites (tertiary alicyclic amines) is 1. The fraction of sp³-hybridized carbons (Fsp3) is 1.00. The highest BCUT2D eigenvalue weighted by Crippen LogP contribution is 2.34. The standard InChI is InChI=1S/C17H34N2/c1-13(2)18-11-16-9-6-10-19(12-16)17-14(3)7-5-8-15(17)4/h13-18H,5-12H2,1-4H3. The number of piperidine rings is 1. The lowest BCUT2D eigenvalue weighted by atomic mass is 9.77. The van der Waals surface area contributed by atoms with Crippen LogP contribution in [-0.2, 0) is 0 Å². The van der Waals surface area contributed by atoms with E-state index in [1.54, 1.807) is 0 Å². The molecule has 0 bridgehead atoms. The molecule has 1 saturated heterocycles. The summed E-state index contributed by atoms with van der Waals surface area (Å²) in [5, 5.41) is 3.63. The van der Waals surface area contributed by atoms with Crippen LogP contribution in [0.25, 0.3) is 0 Å². The molecule has 0 amide bonds. The first kappa shape index (κ1) is 15.3. The van der Waals surface area contributed by atoms with Crippen LogP contribution < -0.4 is 5.32 Å². The van der Waals surface area contributed by atoms with E-state index in [0.717, 1.165) is 23.8 Å². The molecule has 0 radical (unpaired) electrons. The molecule has 0 spiro atoms. The van der Waals surface area contributed by atoms with Gasteiger partial charge in [-0.3, -0.25) is 4.90 Å². The maximum atomic E-state index is 3.63. The van der Waals surface area contributed by atoms with Crippen LogP contribution in [0.5, 0.6) is 0 Å². The van der Waals surface area contributed by atoms with Crippen LogP contribution in [0.1, 0.15) is 59.8 Å². The third kappa shape index (κ3) is 4.19. The van der Waals surface area contributed by atoms with Crippen molar-refractivity contribution in [1.82, 2.24) is 10.2 Å². The van der Waals surface area contributed by atoms with Gasteiger partial charge >= 0.3 is 0 Å². The molecule has 2 rings (SSSR count). The van der Waals surface area contributed by atoms with Crippen molar-refractivity contribution in [3.63, 3.8) is 0 Å². The maximum absolute atomic E-state index is 3.63. The van der Waals surface area contributed by atoms with Gasteiger partial charge in [-0.05, 0) is 56.5 Å². The van der Waals surface area contributed by atoms with Crippen LogP contribution in [0.2, 0.25) is 0 Å². The highest BCUT2D eigenvalue weighted by atomic mass is 15.2. The number of nitrogens with zero attached hydrogens (tertiary/aromatic N) is 1. The molecule has 112 valence electrons. The van der Waals surface area contributed by atoms with Crippen molar-refractivity contribution < 1.29 is 0 Å². The van der Waals surface area contributed by atoms with Crippen molar-refractivity contribution in [3.8, 4) is 0 Å². The van der Waals surface area contributed by atoms with Gasteiger partial charge in [-0.25, -0.2) is 0 Å². The number of hydrogen-bond donors (Lipinski definition) is 1. The summed E-state index contributed by atoms with van der Waals surface area (Å²) in [5.41, 5.74) is 0. The fourth-order valence-corrected chi connectivity index (χ4v) is 4.32. The van der Waals surface area contributed by atoms with Gasteiger partial charge in [0.1, 0.15) is 0 Å². The average molecular weight is 266 g/mol. The molecule has 3 unspecified atom stereocenters. The number of rotatable bonds is 4. The first-order chi connectivity index (χ1) is 9.08. The third-order valence-electron chi connectivity index (χ3n) is 5.27. The molecule has 2 aliphatic rings. The van der Waals surface area contributed by atoms with E-state index in [2.05, 4.69) is 37.9 Å². The van der Waals surface area contributed by atoms with Crippen LogP contribution in [0, 0.1) is 17.8 Å². The van der Waals surface area contributed by atoms with Crippen LogP contribution >= 0.6 is 0 Å². The van der Waals surface area contributed by atoms with Crippen LogP contribution in [-0.4, -0.2) is 36.6 Å². The predicted molar refractivity (Wildman–Crippen MR) is 83.4 cm³/mol. The van der Waals surface area contributed by atoms with E-state index in [-0.39, 0.29) is 0 Å². The van der Waals surface area contributed by atoms with Crippen molar-refractivity contribution in [2.24, 2.45) is 17.8 Å². The number of hydrogen-bond acceptors (Lipinski definition) is 2. The van der Waals surface area contributed by atoms with Gasteiger partial charge in [0.05, 0.1) is 0 Å². The molecule has 1 aliphatic carbocycles. The largest absolute Gasteiger partial charge is 0.314 e. The minimum Gasteiger partial charge on any atom is -0.314 e. The molecule has 2 nitrogen and oxygen atoms in total. The molecule has 0 aromatic heterocycles. The highest BCUT2D eigenvalue weighted by Gasteiger charge is 2.34. The van der Waals surface area contributed by atoms with Gasteiger partial charge in [0.2, 0.25) is 0 Å². The normalized spacial score (nSPS) is 37.7. The zero-order valence-electron chi connectivity index (χ0n) is 13.5. The average Bonchev–Trinajstić information content (AvgIpc) is 2.37. The monoisotopic (exact) mass is 266 g/mol. The second kappa shape index (κ2) is 7.08. The molecule has 2 fully saturated rings. The van der Waals surface area contributed by atoms with Crippen LogP contribution in [0.4, 0.5) is 0 Å². The summed E-state index contributed by atoms with van der Waals surface area (Å²) in [5.74, 6) is 2.68. The van der Waals surface area contributed by atoms with Crippen molar-refractivity contribution >= 4 is 0 Å². The Labute approximate surface area is 120 Å². The molecule has 1 saturated carbocycles. The molecule has 1 heterocycles. The Morgan fingerprint density at radius 2 is 1.74 bits per heavy atom. The molecule has 0 aromatic rings. The van der Waals surface area contributed by atoms with Crippen LogP contribution in [0.15, 0.2) is 0 Å². The first-order valence-corrected chi connectivity index (χ1v) is 8.55. The molecule has 1 aliphatic heterocycles. The lowest BCUT2D eigenvalue weighted by Gasteiger charge is -2.46. The third-order valence-corrected chi connectivity index (χ3v) is 5.27. The summed E-state index contributed by atoms with van der Waals surface area (Å²) in [6.45, 7) is 13.4. The van der Waals surface area contributed by atoms with E-state index in [0.29, 0.717) is 6.04 Å². The summed E-state index contributed by atoms with van der Waals surface area (Å²) in [6, 6.07) is 1.48. The Morgan fingerprint density at radius 1 is 1.05 bits per heavy atom. The van der Waals surface area contributed by atoms with Gasteiger partial charge in [0.25, 0.3) is 0 Å². The van der Waals surface area contributed by atoms with Gasteiger partial charge < -0.3 is 5.32 Å². The van der Waals surface area contributed by atoms with Crippen molar-refractivity contribution in [2.75, 3.05) is 19.6 Å². The molecule has 2 heteroatoms. The summed E-state index contributed by atoms with van der Waals surface area (Å²) in [6.07, 6.45) is 7.16. The maximum Gasteiger partial charge on any atom is 0.0147 e. The van der Waals surface area contributed by atoms with Crippen molar-refractivity contribution in [3.05, 3.63) is 0 Å². The Bertz CT molecular complexity index is 254. The summed E-state index contributed by atoms with van der Waals surface area (Å²) >= 11 is 0. The van der Waals surface area contributed by atoms with Crippen molar-refractivity contribution in [1.29, 1.82) is 0 Å². The summed E-state index contributed by atoms with van der Waals surface area (Å²) in [4.78, 5) is 2.84. The molecule has 1 N–H and O–H groups in total. The van der Waals surface area contributed by atoms with E-state index in [4.69, 9.17) is 0 Å². The summed E-state index contributed by atoms with van der Waals surface area (Å²) in [7, 11) is 0. The molecular formula is C17H34N2. The van der Waals surface area contributed by atoms with E-state index in [1.165, 1.54) is 51.7 Å². The topological polar surface area (TPSA) is 15.3 Å². The lowest BCUT2D eigenvalue weighted by molar-refractivity contribution is 0.0349. The quantitative estimate of drug-likeness (QED) is 0.837. The summed E-state index contributed by atoms with van der Waals surface area (Å²) < 4.78 is 0. The molecule has 3 atom stereocenters. The van der Waals surface area contributed by atoms with E-state index >= 15 is 0 Å². The smallest absolute Gasteiger partial charge is 0.0147 e. The Balaban J connectivity index is 1.88. The lowest BCUT2D eigenvalue weighted by Crippen LogP contribution is -2.51. The molecule has 0 aromatic carbocycles. The Kier molecular flexibility index (Phi) is 5.70. The second-order valence-corrected chi connectivity index (χ2v) is 7.44. The van der Waals surface area contributed by atoms with Gasteiger partial charge in [-0.15, -0.1) is 0 Å². The van der Waals surface area contributed by atoms with Gasteiger partial charge in [-0.1, -0.05) is 34.1 Å². The Hall–Kier alpha value is -0.0800. The molecule has 19 heavy (non-hydrogen) atoms. The second-order valence-electron chi connectivity index (χ2n) is 7.44. The minimum absolute atomic E-state index is 0.628. The van der Waals surface area contributed by atoms with E-state index in [9.17, 15) is 0 Å². The van der Waals surface area contributed by atoms with Gasteiger partial charge in [-0.2, -0.15) is 0 Å². The van der Waals surface area contributed by atoms with E-state index in [1.807, 2.05) is 0 Å². The van der Waals surface area contributed by atoms with Gasteiger partial charge in [0.15, 0.2) is 0 Å². The molecular weight excluding hydrogens is 232 g/mol. The Morgan fingerprint density at radius 3 is 2.37 bits per heavy atom. The van der Waals surface area contributed by atoms with Crippen molar-refractivity contribution in [2.45, 2.75) is 71.9 Å². The predicted octanol–water partition coefficient (Wildman–Crippen LogP) is 3.52. The van der Waals surface area contributed by atoms with Crippen LogP contribution in [0.3, 0.4) is 0 Å². The minimum atomic E-state index is 0.628. The zero-order valence-corrected chi connectivity index (χ0v) is 13.5. The first-order valence-electron chi connectivity index (χ1n) is 8.55. The fourth-order valence-electron chi connectivity index (χ4n) is 4.32. The van der Waals surface area contributed by atoms with E-state index < -0.39 is 0 Å². The zero-order chi connectivity index (χ0) is 13.8. The number of nitrogens with one attached hydrogen (secondary N) is 1. The van der Waals surface area contributed by atoms with Gasteiger partial charge in [0, 0.05) is 18.6 Å². The highest BCUT2D eigenvalue weighted by molar-refractivity contribution is 4.88. The SMILES string of the molecule is CC(C)NCC1CCCN(C2C(C)CCCC2C)C1.